The van der Waals surface area contributed by atoms with Gasteiger partial charge in [-0.1, -0.05) is 36.4 Å². The van der Waals surface area contributed by atoms with E-state index in [1.165, 1.54) is 16.2 Å². The molecule has 0 radical (unpaired) electrons. The highest BCUT2D eigenvalue weighted by Gasteiger charge is 2.57. The van der Waals surface area contributed by atoms with Crippen LogP contribution in [0.1, 0.15) is 29.4 Å². The molecule has 1 aliphatic carbocycles. The second kappa shape index (κ2) is 9.81. The number of likely N-dealkylation sites (tertiary alicyclic amines) is 1. The molecule has 37 heavy (non-hydrogen) atoms. The van der Waals surface area contributed by atoms with Gasteiger partial charge < -0.3 is 19.5 Å². The molecule has 0 unspecified atom stereocenters. The molecule has 1 aromatic heterocycles. The summed E-state index contributed by atoms with van der Waals surface area (Å²) in [5.41, 5.74) is 2.27. The van der Waals surface area contributed by atoms with Crippen LogP contribution in [0.4, 0.5) is 0 Å². The number of benzene rings is 2. The predicted molar refractivity (Wildman–Crippen MR) is 138 cm³/mol. The van der Waals surface area contributed by atoms with Crippen molar-refractivity contribution in [2.75, 3.05) is 6.61 Å². The van der Waals surface area contributed by atoms with Crippen LogP contribution in [-0.2, 0) is 20.8 Å². The third-order valence-corrected chi connectivity index (χ3v) is 8.48. The number of carbonyl (C=O) groups excluding carboxylic acids is 2. The molecule has 3 heterocycles. The maximum Gasteiger partial charge on any atom is 0.487 e. The Hall–Kier alpha value is -3.40. The molecular formula is C28H26BNO6S. The standard InChI is InChI=1S/C28H26BNO6S/c31-19-10-8-17(9-11-19)24-14-22-25-23(27(32)30(28(25)33)15-21-7-4-12-37-21)13-18(26(22)29(34)36-24)16-35-20-5-2-1-3-6-20/h1-12,22-25,31,34H,13-16H2/t22-,23-,24-,25+/m0/s1. The summed E-state index contributed by atoms with van der Waals surface area (Å²) in [5.74, 6) is -0.938. The second-order valence-corrected chi connectivity index (χ2v) is 10.8. The zero-order chi connectivity index (χ0) is 25.5. The Labute approximate surface area is 219 Å². The number of ether oxygens (including phenoxy) is 1. The molecule has 2 fully saturated rings. The zero-order valence-corrected chi connectivity index (χ0v) is 20.8. The van der Waals surface area contributed by atoms with E-state index in [9.17, 15) is 19.7 Å². The molecule has 9 heteroatoms. The molecule has 2 amide bonds. The molecule has 2 saturated heterocycles. The van der Waals surface area contributed by atoms with Crippen LogP contribution in [0.5, 0.6) is 11.5 Å². The van der Waals surface area contributed by atoms with E-state index in [1.54, 1.807) is 24.3 Å². The van der Waals surface area contributed by atoms with Crippen LogP contribution in [0, 0.1) is 17.8 Å². The summed E-state index contributed by atoms with van der Waals surface area (Å²) >= 11 is 1.52. The average Bonchev–Trinajstić information content (AvgIpc) is 3.51. The van der Waals surface area contributed by atoms with Gasteiger partial charge in [-0.15, -0.1) is 11.3 Å². The quantitative estimate of drug-likeness (QED) is 0.379. The number of thiophene rings is 1. The predicted octanol–water partition coefficient (Wildman–Crippen LogP) is 4.13. The monoisotopic (exact) mass is 515 g/mol. The van der Waals surface area contributed by atoms with Crippen molar-refractivity contribution in [3.63, 3.8) is 0 Å². The molecule has 2 aromatic carbocycles. The minimum absolute atomic E-state index is 0.138. The first-order chi connectivity index (χ1) is 18.0. The van der Waals surface area contributed by atoms with Gasteiger partial charge in [0.15, 0.2) is 0 Å². The van der Waals surface area contributed by atoms with Gasteiger partial charge in [-0.05, 0) is 71.1 Å². The van der Waals surface area contributed by atoms with Crippen molar-refractivity contribution in [1.82, 2.24) is 4.90 Å². The van der Waals surface area contributed by atoms with E-state index in [4.69, 9.17) is 9.39 Å². The van der Waals surface area contributed by atoms with Crippen LogP contribution in [-0.4, -0.2) is 40.6 Å². The van der Waals surface area contributed by atoms with Crippen LogP contribution < -0.4 is 4.74 Å². The van der Waals surface area contributed by atoms with Crippen molar-refractivity contribution in [3.8, 4) is 11.5 Å². The number of imide groups is 1. The Morgan fingerprint density at radius 3 is 2.51 bits per heavy atom. The minimum atomic E-state index is -1.22. The molecule has 0 spiro atoms. The summed E-state index contributed by atoms with van der Waals surface area (Å²) in [7, 11) is -1.22. The third-order valence-electron chi connectivity index (χ3n) is 7.62. The smallest absolute Gasteiger partial charge is 0.487 e. The molecule has 3 aliphatic rings. The van der Waals surface area contributed by atoms with Gasteiger partial charge in [0, 0.05) is 4.88 Å². The topological polar surface area (TPSA) is 96.3 Å². The van der Waals surface area contributed by atoms with E-state index >= 15 is 0 Å². The largest absolute Gasteiger partial charge is 0.508 e. The van der Waals surface area contributed by atoms with E-state index in [-0.39, 0.29) is 36.6 Å². The fourth-order valence-corrected chi connectivity index (χ4v) is 6.61. The van der Waals surface area contributed by atoms with Gasteiger partial charge in [-0.2, -0.15) is 0 Å². The fourth-order valence-electron chi connectivity index (χ4n) is 5.91. The first kappa shape index (κ1) is 24.0. The number of allylic oxidation sites excluding steroid dienone is 1. The van der Waals surface area contributed by atoms with Crippen LogP contribution >= 0.6 is 11.3 Å². The lowest BCUT2D eigenvalue weighted by Crippen LogP contribution is -2.45. The van der Waals surface area contributed by atoms with Gasteiger partial charge in [-0.3, -0.25) is 14.5 Å². The van der Waals surface area contributed by atoms with E-state index in [0.717, 1.165) is 16.0 Å². The first-order valence-electron chi connectivity index (χ1n) is 12.4. The zero-order valence-electron chi connectivity index (χ0n) is 20.0. The molecule has 2 aliphatic heterocycles. The average molecular weight is 515 g/mol. The van der Waals surface area contributed by atoms with Gasteiger partial charge in [0.1, 0.15) is 18.1 Å². The number of nitrogens with zero attached hydrogens (tertiary/aromatic N) is 1. The lowest BCUT2D eigenvalue weighted by atomic mass is 9.55. The van der Waals surface area contributed by atoms with E-state index < -0.39 is 25.1 Å². The number of fused-ring (bicyclic) bond motifs is 3. The Kier molecular flexibility index (Phi) is 6.36. The molecule has 0 bridgehead atoms. The Morgan fingerprint density at radius 1 is 1.00 bits per heavy atom. The number of phenols is 1. The number of hydrogen-bond donors (Lipinski definition) is 2. The Balaban J connectivity index is 1.34. The van der Waals surface area contributed by atoms with Gasteiger partial charge in [0.2, 0.25) is 11.8 Å². The van der Waals surface area contributed by atoms with Crippen molar-refractivity contribution in [2.45, 2.75) is 25.5 Å². The van der Waals surface area contributed by atoms with Gasteiger partial charge in [0.25, 0.3) is 0 Å². The molecule has 2 N–H and O–H groups in total. The highest BCUT2D eigenvalue weighted by molar-refractivity contribution is 7.09. The number of para-hydroxylation sites is 1. The summed E-state index contributed by atoms with van der Waals surface area (Å²) in [6.07, 6.45) is 0.312. The molecule has 4 atom stereocenters. The van der Waals surface area contributed by atoms with Crippen LogP contribution in [0.2, 0.25) is 0 Å². The van der Waals surface area contributed by atoms with E-state index in [1.807, 2.05) is 47.8 Å². The van der Waals surface area contributed by atoms with Crippen molar-refractivity contribution < 1.29 is 29.1 Å². The number of hydrogen-bond acceptors (Lipinski definition) is 7. The van der Waals surface area contributed by atoms with Crippen LogP contribution in [0.25, 0.3) is 0 Å². The molecule has 3 aromatic rings. The van der Waals surface area contributed by atoms with Gasteiger partial charge in [0.05, 0.1) is 24.5 Å². The number of carbonyl (C=O) groups is 2. The summed E-state index contributed by atoms with van der Waals surface area (Å²) in [4.78, 5) is 29.6. The molecule has 188 valence electrons. The number of rotatable bonds is 6. The number of phenolic OH excluding ortho intramolecular Hbond substituents is 1. The second-order valence-electron chi connectivity index (χ2n) is 9.75. The van der Waals surface area contributed by atoms with Crippen molar-refractivity contribution in [1.29, 1.82) is 0 Å². The highest BCUT2D eigenvalue weighted by Crippen LogP contribution is 2.51. The maximum absolute atomic E-state index is 13.7. The summed E-state index contributed by atoms with van der Waals surface area (Å²) in [5, 5.41) is 22.8. The van der Waals surface area contributed by atoms with Crippen LogP contribution in [0.15, 0.2) is 83.2 Å². The van der Waals surface area contributed by atoms with Gasteiger partial charge >= 0.3 is 7.12 Å². The third kappa shape index (κ3) is 4.48. The molecule has 7 nitrogen and oxygen atoms in total. The van der Waals surface area contributed by atoms with Crippen molar-refractivity contribution in [2.24, 2.45) is 17.8 Å². The van der Waals surface area contributed by atoms with E-state index in [2.05, 4.69) is 0 Å². The van der Waals surface area contributed by atoms with Crippen molar-refractivity contribution in [3.05, 3.63) is 93.6 Å². The minimum Gasteiger partial charge on any atom is -0.508 e. The highest BCUT2D eigenvalue weighted by atomic mass is 32.1. The van der Waals surface area contributed by atoms with Crippen LogP contribution in [0.3, 0.4) is 0 Å². The first-order valence-corrected chi connectivity index (χ1v) is 13.3. The Bertz CT molecular complexity index is 1330. The van der Waals surface area contributed by atoms with E-state index in [0.29, 0.717) is 24.1 Å². The molecule has 6 rings (SSSR count). The molecular weight excluding hydrogens is 489 g/mol. The fraction of sp³-hybridized carbons (Fsp3) is 0.286. The summed E-state index contributed by atoms with van der Waals surface area (Å²) in [6.45, 7) is 0.469. The summed E-state index contributed by atoms with van der Waals surface area (Å²) in [6, 6.07) is 19.9. The lowest BCUT2D eigenvalue weighted by molar-refractivity contribution is -0.140. The Morgan fingerprint density at radius 2 is 1.78 bits per heavy atom. The lowest BCUT2D eigenvalue weighted by Gasteiger charge is -2.42. The van der Waals surface area contributed by atoms with Gasteiger partial charge in [-0.25, -0.2) is 0 Å². The molecule has 0 saturated carbocycles. The normalized spacial score (nSPS) is 25.3. The number of aromatic hydroxyl groups is 1. The maximum atomic E-state index is 13.7. The van der Waals surface area contributed by atoms with Crippen molar-refractivity contribution >= 4 is 30.3 Å². The SMILES string of the molecule is O=C1[C@H]2[C@H](CC(COc3ccccc3)=C3B(O)O[C@H](c4ccc(O)cc4)C[C@H]32)C(=O)N1Cc1cccs1. The number of amides is 2. The summed E-state index contributed by atoms with van der Waals surface area (Å²) < 4.78 is 12.1.